The van der Waals surface area contributed by atoms with Crippen molar-refractivity contribution in [2.75, 3.05) is 0 Å². The van der Waals surface area contributed by atoms with Gasteiger partial charge in [0.25, 0.3) is 5.91 Å². The van der Waals surface area contributed by atoms with Crippen molar-refractivity contribution < 1.29 is 28.6 Å². The number of benzene rings is 2. The number of phenols is 1. The highest BCUT2D eigenvalue weighted by Gasteiger charge is 2.33. The van der Waals surface area contributed by atoms with E-state index in [1.54, 1.807) is 13.8 Å². The number of aromatic nitrogens is 1. The van der Waals surface area contributed by atoms with Gasteiger partial charge in [0.05, 0.1) is 16.5 Å². The summed E-state index contributed by atoms with van der Waals surface area (Å²) in [5.74, 6) is -5.45. The summed E-state index contributed by atoms with van der Waals surface area (Å²) >= 11 is 5.69. The predicted molar refractivity (Wildman–Crippen MR) is 109 cm³/mol. The van der Waals surface area contributed by atoms with Gasteiger partial charge in [0.2, 0.25) is 0 Å². The van der Waals surface area contributed by atoms with Crippen LogP contribution in [-0.2, 0) is 4.79 Å². The third kappa shape index (κ3) is 3.54. The number of carbonyl (C=O) groups excluding carboxylic acids is 1. The van der Waals surface area contributed by atoms with Crippen molar-refractivity contribution in [1.82, 2.24) is 4.57 Å². The van der Waals surface area contributed by atoms with Crippen molar-refractivity contribution in [1.29, 1.82) is 0 Å². The molecular formula is C22H20ClF2NO4. The second kappa shape index (κ2) is 8.07. The number of carbonyl (C=O) groups is 2. The lowest BCUT2D eigenvalue weighted by molar-refractivity contribution is -0.140. The number of fused-ring (bicyclic) bond motifs is 1. The summed E-state index contributed by atoms with van der Waals surface area (Å²) in [6.07, 6.45) is 0.548. The van der Waals surface area contributed by atoms with E-state index in [0.29, 0.717) is 12.0 Å². The van der Waals surface area contributed by atoms with Gasteiger partial charge in [-0.3, -0.25) is 14.2 Å². The molecule has 1 heterocycles. The van der Waals surface area contributed by atoms with Crippen LogP contribution in [0.2, 0.25) is 5.02 Å². The van der Waals surface area contributed by atoms with Crippen LogP contribution in [0.5, 0.6) is 5.75 Å². The van der Waals surface area contributed by atoms with E-state index in [2.05, 4.69) is 0 Å². The van der Waals surface area contributed by atoms with Crippen LogP contribution < -0.4 is 0 Å². The quantitative estimate of drug-likeness (QED) is 0.555. The molecule has 30 heavy (non-hydrogen) atoms. The maximum absolute atomic E-state index is 14.2. The molecule has 0 aliphatic rings. The Morgan fingerprint density at radius 1 is 1.17 bits per heavy atom. The van der Waals surface area contributed by atoms with Crippen molar-refractivity contribution >= 4 is 34.4 Å². The molecule has 0 spiro atoms. The average Bonchev–Trinajstić information content (AvgIpc) is 2.95. The smallest absolute Gasteiger partial charge is 0.311 e. The number of carboxylic acid groups (broad SMARTS) is 1. The van der Waals surface area contributed by atoms with Crippen molar-refractivity contribution in [3.63, 3.8) is 0 Å². The van der Waals surface area contributed by atoms with E-state index in [4.69, 9.17) is 11.6 Å². The first-order chi connectivity index (χ1) is 14.1. The summed E-state index contributed by atoms with van der Waals surface area (Å²) < 4.78 is 29.2. The number of rotatable bonds is 5. The Morgan fingerprint density at radius 3 is 2.40 bits per heavy atom. The average molecular weight is 436 g/mol. The monoisotopic (exact) mass is 435 g/mol. The molecule has 0 bridgehead atoms. The van der Waals surface area contributed by atoms with Gasteiger partial charge >= 0.3 is 5.97 Å². The normalized spacial score (nSPS) is 13.4. The van der Waals surface area contributed by atoms with E-state index in [-0.39, 0.29) is 33.1 Å². The summed E-state index contributed by atoms with van der Waals surface area (Å²) in [7, 11) is 0. The van der Waals surface area contributed by atoms with Crippen LogP contribution in [-0.4, -0.2) is 26.7 Å². The fraction of sp³-hybridized carbons (Fsp3) is 0.273. The van der Waals surface area contributed by atoms with Gasteiger partial charge < -0.3 is 10.2 Å². The lowest BCUT2D eigenvalue weighted by atomic mass is 9.84. The predicted octanol–water partition coefficient (Wildman–Crippen LogP) is 5.49. The zero-order chi connectivity index (χ0) is 22.3. The van der Waals surface area contributed by atoms with Crippen LogP contribution in [0.15, 0.2) is 30.3 Å². The maximum atomic E-state index is 14.2. The highest BCUT2D eigenvalue weighted by molar-refractivity contribution is 6.30. The SMILES string of the molecule is CC[C@H](C)C(C(=O)O)c1c(C)n(C(=O)c2ccc(Cl)c(F)c2)c2cc(F)c(O)cc12. The summed E-state index contributed by atoms with van der Waals surface area (Å²) in [5, 5.41) is 19.9. The number of aromatic hydroxyl groups is 1. The van der Waals surface area contributed by atoms with Gasteiger partial charge in [-0.2, -0.15) is 0 Å². The van der Waals surface area contributed by atoms with Crippen molar-refractivity contribution in [2.45, 2.75) is 33.1 Å². The molecule has 0 aliphatic heterocycles. The molecule has 8 heteroatoms. The van der Waals surface area contributed by atoms with Crippen LogP contribution in [0.1, 0.15) is 47.8 Å². The Hall–Kier alpha value is -2.93. The minimum atomic E-state index is -1.10. The maximum Gasteiger partial charge on any atom is 0.311 e. The number of aliphatic carboxylic acids is 1. The van der Waals surface area contributed by atoms with Gasteiger partial charge in [-0.25, -0.2) is 8.78 Å². The highest BCUT2D eigenvalue weighted by atomic mass is 35.5. The van der Waals surface area contributed by atoms with E-state index in [0.717, 1.165) is 22.8 Å². The number of phenolic OH excluding ortho intramolecular Hbond substituents is 1. The first-order valence-corrected chi connectivity index (χ1v) is 9.72. The number of halogens is 3. The molecule has 0 saturated carbocycles. The van der Waals surface area contributed by atoms with Gasteiger partial charge in [0.15, 0.2) is 11.6 Å². The van der Waals surface area contributed by atoms with Crippen LogP contribution in [0, 0.1) is 24.5 Å². The topological polar surface area (TPSA) is 79.5 Å². The number of hydrogen-bond donors (Lipinski definition) is 2. The Balaban J connectivity index is 2.36. The molecule has 2 atom stereocenters. The molecule has 3 rings (SSSR count). The van der Waals surface area contributed by atoms with Crippen LogP contribution >= 0.6 is 11.6 Å². The molecule has 158 valence electrons. The Labute approximate surface area is 176 Å². The Kier molecular flexibility index (Phi) is 5.85. The molecule has 5 nitrogen and oxygen atoms in total. The molecule has 2 N–H and O–H groups in total. The minimum Gasteiger partial charge on any atom is -0.505 e. The van der Waals surface area contributed by atoms with E-state index >= 15 is 0 Å². The summed E-state index contributed by atoms with van der Waals surface area (Å²) in [4.78, 5) is 25.3. The number of nitrogens with zero attached hydrogens (tertiary/aromatic N) is 1. The Bertz CT molecular complexity index is 1170. The van der Waals surface area contributed by atoms with Crippen LogP contribution in [0.4, 0.5) is 8.78 Å². The van der Waals surface area contributed by atoms with Crippen LogP contribution in [0.3, 0.4) is 0 Å². The fourth-order valence-electron chi connectivity index (χ4n) is 3.75. The third-order valence-corrected chi connectivity index (χ3v) is 5.79. The summed E-state index contributed by atoms with van der Waals surface area (Å²) in [6.45, 7) is 5.15. The fourth-order valence-corrected chi connectivity index (χ4v) is 3.87. The second-order valence-corrected chi connectivity index (χ2v) is 7.70. The lowest BCUT2D eigenvalue weighted by Gasteiger charge is -2.20. The molecule has 0 amide bonds. The summed E-state index contributed by atoms with van der Waals surface area (Å²) in [6, 6.07) is 5.63. The van der Waals surface area contributed by atoms with Gasteiger partial charge in [0, 0.05) is 22.7 Å². The van der Waals surface area contributed by atoms with Gasteiger partial charge in [0.1, 0.15) is 5.82 Å². The molecule has 0 fully saturated rings. The highest BCUT2D eigenvalue weighted by Crippen LogP contribution is 2.39. The molecule has 0 aliphatic carbocycles. The summed E-state index contributed by atoms with van der Waals surface area (Å²) in [5.41, 5.74) is 0.646. The van der Waals surface area contributed by atoms with Gasteiger partial charge in [-0.05, 0) is 42.7 Å². The van der Waals surface area contributed by atoms with E-state index in [1.807, 2.05) is 6.92 Å². The molecular weight excluding hydrogens is 416 g/mol. The largest absolute Gasteiger partial charge is 0.505 e. The zero-order valence-electron chi connectivity index (χ0n) is 16.5. The van der Waals surface area contributed by atoms with E-state index in [1.165, 1.54) is 12.1 Å². The first kappa shape index (κ1) is 21.8. The van der Waals surface area contributed by atoms with Crippen LogP contribution in [0.25, 0.3) is 10.9 Å². The molecule has 3 aromatic rings. The lowest BCUT2D eigenvalue weighted by Crippen LogP contribution is -2.21. The third-order valence-electron chi connectivity index (χ3n) is 5.48. The molecule has 0 radical (unpaired) electrons. The van der Waals surface area contributed by atoms with Crippen molar-refractivity contribution in [2.24, 2.45) is 5.92 Å². The number of hydrogen-bond acceptors (Lipinski definition) is 3. The first-order valence-electron chi connectivity index (χ1n) is 9.34. The molecule has 0 saturated heterocycles. The standard InChI is InChI=1S/C22H20ClF2NO4/c1-4-10(2)19(22(29)30)20-11(3)26(17-9-16(25)18(27)8-13(17)20)21(28)12-5-6-14(23)15(24)7-12/h5-10,19,27H,4H2,1-3H3,(H,29,30)/t10-,19?/m0/s1. The van der Waals surface area contributed by atoms with Gasteiger partial charge in [-0.1, -0.05) is 31.9 Å². The van der Waals surface area contributed by atoms with Gasteiger partial charge in [-0.15, -0.1) is 0 Å². The van der Waals surface area contributed by atoms with Crippen molar-refractivity contribution in [3.05, 3.63) is 63.8 Å². The second-order valence-electron chi connectivity index (χ2n) is 7.29. The molecule has 1 aromatic heterocycles. The van der Waals surface area contributed by atoms with E-state index in [9.17, 15) is 28.6 Å². The molecule has 2 aromatic carbocycles. The zero-order valence-corrected chi connectivity index (χ0v) is 17.3. The molecule has 1 unspecified atom stereocenters. The van der Waals surface area contributed by atoms with Crippen molar-refractivity contribution in [3.8, 4) is 5.75 Å². The Morgan fingerprint density at radius 2 is 1.83 bits per heavy atom. The number of carboxylic acids is 1. The van der Waals surface area contributed by atoms with E-state index < -0.39 is 35.2 Å². The minimum absolute atomic E-state index is 0.0349.